The topological polar surface area (TPSA) is 61.4 Å². The minimum Gasteiger partial charge on any atom is -0.395 e. The molecule has 20 heavy (non-hydrogen) atoms. The highest BCUT2D eigenvalue weighted by atomic mass is 16.3. The highest BCUT2D eigenvalue weighted by Gasteiger charge is 2.26. The van der Waals surface area contributed by atoms with Crippen LogP contribution >= 0.6 is 0 Å². The van der Waals surface area contributed by atoms with E-state index in [1.807, 2.05) is 18.2 Å². The Hall–Kier alpha value is -1.55. The van der Waals surface area contributed by atoms with E-state index in [4.69, 9.17) is 5.11 Å². The lowest BCUT2D eigenvalue weighted by Gasteiger charge is -2.25. The first kappa shape index (κ1) is 14.9. The summed E-state index contributed by atoms with van der Waals surface area (Å²) in [4.78, 5) is 11.8. The number of benzene rings is 1. The fourth-order valence-corrected chi connectivity index (χ4v) is 2.95. The Morgan fingerprint density at radius 3 is 2.60 bits per heavy atom. The summed E-state index contributed by atoms with van der Waals surface area (Å²) in [7, 11) is 0. The van der Waals surface area contributed by atoms with Gasteiger partial charge in [0.2, 0.25) is 0 Å². The molecule has 1 aromatic rings. The molecule has 1 fully saturated rings. The molecule has 1 saturated carbocycles. The molecule has 0 aromatic heterocycles. The zero-order chi connectivity index (χ0) is 14.2. The average molecular weight is 276 g/mol. The van der Waals surface area contributed by atoms with E-state index in [9.17, 15) is 4.79 Å². The molecule has 3 N–H and O–H groups in total. The molecule has 0 bridgehead atoms. The largest absolute Gasteiger partial charge is 0.395 e. The maximum Gasteiger partial charge on any atom is 0.315 e. The van der Waals surface area contributed by atoms with Gasteiger partial charge >= 0.3 is 6.03 Å². The van der Waals surface area contributed by atoms with E-state index >= 15 is 0 Å². The van der Waals surface area contributed by atoms with Crippen LogP contribution in [-0.2, 0) is 6.42 Å². The molecule has 2 rings (SSSR count). The smallest absolute Gasteiger partial charge is 0.315 e. The summed E-state index contributed by atoms with van der Waals surface area (Å²) < 4.78 is 0. The average Bonchev–Trinajstić information content (AvgIpc) is 3.00. The van der Waals surface area contributed by atoms with E-state index in [0.717, 1.165) is 6.42 Å². The summed E-state index contributed by atoms with van der Waals surface area (Å²) in [6.07, 6.45) is 5.78. The lowest BCUT2D eigenvalue weighted by atomic mass is 9.92. The minimum atomic E-state index is -0.174. The van der Waals surface area contributed by atoms with Gasteiger partial charge < -0.3 is 15.7 Å². The van der Waals surface area contributed by atoms with Crippen LogP contribution in [0, 0.1) is 5.92 Å². The number of amides is 2. The monoisotopic (exact) mass is 276 g/mol. The zero-order valence-electron chi connectivity index (χ0n) is 11.8. The highest BCUT2D eigenvalue weighted by molar-refractivity contribution is 5.74. The third-order valence-electron chi connectivity index (χ3n) is 3.98. The first-order chi connectivity index (χ1) is 9.79. The van der Waals surface area contributed by atoms with Crippen LogP contribution in [0.4, 0.5) is 4.79 Å². The van der Waals surface area contributed by atoms with Gasteiger partial charge in [0.15, 0.2) is 0 Å². The highest BCUT2D eigenvalue weighted by Crippen LogP contribution is 2.29. The van der Waals surface area contributed by atoms with E-state index in [1.54, 1.807) is 0 Å². The molecule has 4 heteroatoms. The molecule has 0 radical (unpaired) electrons. The molecular weight excluding hydrogens is 252 g/mol. The number of urea groups is 1. The van der Waals surface area contributed by atoms with Crippen molar-refractivity contribution in [1.82, 2.24) is 10.6 Å². The van der Waals surface area contributed by atoms with E-state index < -0.39 is 0 Å². The van der Waals surface area contributed by atoms with Crippen molar-refractivity contribution in [3.05, 3.63) is 35.9 Å². The van der Waals surface area contributed by atoms with Gasteiger partial charge in [0, 0.05) is 12.6 Å². The quantitative estimate of drug-likeness (QED) is 0.745. The maximum atomic E-state index is 11.8. The van der Waals surface area contributed by atoms with Crippen molar-refractivity contribution < 1.29 is 9.90 Å². The van der Waals surface area contributed by atoms with Crippen LogP contribution in [0.2, 0.25) is 0 Å². The van der Waals surface area contributed by atoms with Gasteiger partial charge in [-0.2, -0.15) is 0 Å². The Bertz CT molecular complexity index is 402. The van der Waals surface area contributed by atoms with Gasteiger partial charge in [-0.1, -0.05) is 43.2 Å². The summed E-state index contributed by atoms with van der Waals surface area (Å²) in [5, 5.41) is 14.5. The summed E-state index contributed by atoms with van der Waals surface area (Å²) >= 11 is 0. The molecule has 1 unspecified atom stereocenters. The van der Waals surface area contributed by atoms with Crippen LogP contribution in [0.3, 0.4) is 0 Å². The van der Waals surface area contributed by atoms with Crippen molar-refractivity contribution >= 4 is 6.03 Å². The molecule has 0 aliphatic heterocycles. The second-order valence-electron chi connectivity index (χ2n) is 5.46. The number of nitrogens with one attached hydrogen (secondary N) is 2. The van der Waals surface area contributed by atoms with Gasteiger partial charge in [0.05, 0.1) is 6.61 Å². The number of rotatable bonds is 6. The predicted molar refractivity (Wildman–Crippen MR) is 79.5 cm³/mol. The third kappa shape index (κ3) is 4.53. The Morgan fingerprint density at radius 2 is 1.95 bits per heavy atom. The van der Waals surface area contributed by atoms with Crippen LogP contribution in [0.1, 0.15) is 31.2 Å². The Kier molecular flexibility index (Phi) is 5.87. The minimum absolute atomic E-state index is 0.0276. The fraction of sp³-hybridized carbons (Fsp3) is 0.562. The standard InChI is InChI=1S/C16H24N2O2/c19-11-10-17-16(20)18-15(14-8-4-5-9-14)12-13-6-2-1-3-7-13/h1-3,6-7,14-15,19H,4-5,8-12H2,(H2,17,18,20). The Morgan fingerprint density at radius 1 is 1.25 bits per heavy atom. The molecule has 4 nitrogen and oxygen atoms in total. The second kappa shape index (κ2) is 7.90. The van der Waals surface area contributed by atoms with Crippen molar-refractivity contribution in [1.29, 1.82) is 0 Å². The normalized spacial score (nSPS) is 16.9. The van der Waals surface area contributed by atoms with E-state index in [0.29, 0.717) is 12.5 Å². The summed E-state index contributed by atoms with van der Waals surface area (Å²) in [6, 6.07) is 10.3. The molecule has 0 heterocycles. The molecule has 110 valence electrons. The van der Waals surface area contributed by atoms with Gasteiger partial charge in [-0.3, -0.25) is 0 Å². The van der Waals surface area contributed by atoms with E-state index in [1.165, 1.54) is 31.2 Å². The van der Waals surface area contributed by atoms with Gasteiger partial charge in [-0.25, -0.2) is 4.79 Å². The molecule has 0 saturated heterocycles. The zero-order valence-corrected chi connectivity index (χ0v) is 11.8. The van der Waals surface area contributed by atoms with Crippen molar-refractivity contribution in [2.24, 2.45) is 5.92 Å². The second-order valence-corrected chi connectivity index (χ2v) is 5.46. The lowest BCUT2D eigenvalue weighted by molar-refractivity contribution is 0.225. The molecular formula is C16H24N2O2. The first-order valence-corrected chi connectivity index (χ1v) is 7.48. The summed E-state index contributed by atoms with van der Waals surface area (Å²) in [5.74, 6) is 0.565. The number of carbonyl (C=O) groups is 1. The van der Waals surface area contributed by atoms with Gasteiger partial charge in [-0.05, 0) is 30.7 Å². The van der Waals surface area contributed by atoms with Crippen LogP contribution in [0.5, 0.6) is 0 Å². The number of hydrogen-bond acceptors (Lipinski definition) is 2. The molecule has 2 amide bonds. The summed E-state index contributed by atoms with van der Waals surface area (Å²) in [5.41, 5.74) is 1.26. The third-order valence-corrected chi connectivity index (χ3v) is 3.98. The maximum absolute atomic E-state index is 11.8. The molecule has 1 aliphatic rings. The van der Waals surface area contributed by atoms with Gasteiger partial charge in [0.25, 0.3) is 0 Å². The SMILES string of the molecule is O=C(NCCO)NC(Cc1ccccc1)C1CCCC1. The summed E-state index contributed by atoms with van der Waals surface area (Å²) in [6.45, 7) is 0.273. The van der Waals surface area contributed by atoms with Gasteiger partial charge in [-0.15, -0.1) is 0 Å². The molecule has 0 spiro atoms. The number of carbonyl (C=O) groups excluding carboxylic acids is 1. The Balaban J connectivity index is 1.95. The molecule has 1 atom stereocenters. The van der Waals surface area contributed by atoms with Crippen LogP contribution < -0.4 is 10.6 Å². The number of aliphatic hydroxyl groups excluding tert-OH is 1. The molecule has 1 aromatic carbocycles. The predicted octanol–water partition coefficient (Wildman–Crippen LogP) is 2.08. The number of aliphatic hydroxyl groups is 1. The van der Waals surface area contributed by atoms with Crippen molar-refractivity contribution in [3.63, 3.8) is 0 Å². The van der Waals surface area contributed by atoms with E-state index in [-0.39, 0.29) is 18.7 Å². The lowest BCUT2D eigenvalue weighted by Crippen LogP contribution is -2.46. The van der Waals surface area contributed by atoms with E-state index in [2.05, 4.69) is 22.8 Å². The van der Waals surface area contributed by atoms with Crippen LogP contribution in [-0.4, -0.2) is 30.3 Å². The van der Waals surface area contributed by atoms with Crippen LogP contribution in [0.25, 0.3) is 0 Å². The molecule has 1 aliphatic carbocycles. The Labute approximate surface area is 120 Å². The number of hydrogen-bond donors (Lipinski definition) is 3. The van der Waals surface area contributed by atoms with Gasteiger partial charge in [0.1, 0.15) is 0 Å². The van der Waals surface area contributed by atoms with Crippen LogP contribution in [0.15, 0.2) is 30.3 Å². The van der Waals surface area contributed by atoms with Crippen molar-refractivity contribution in [2.75, 3.05) is 13.2 Å². The fourth-order valence-electron chi connectivity index (χ4n) is 2.95. The first-order valence-electron chi connectivity index (χ1n) is 7.48. The van der Waals surface area contributed by atoms with Crippen molar-refractivity contribution in [2.45, 2.75) is 38.1 Å². The van der Waals surface area contributed by atoms with Crippen molar-refractivity contribution in [3.8, 4) is 0 Å².